The summed E-state index contributed by atoms with van der Waals surface area (Å²) in [6.45, 7) is 0. The Kier molecular flexibility index (Phi) is 2.86. The van der Waals surface area contributed by atoms with Gasteiger partial charge in [-0.15, -0.1) is 0 Å². The molecule has 0 bridgehead atoms. The number of benzene rings is 1. The number of nitrogen functional groups attached to an aromatic ring is 1. The molecular weight excluding hydrogens is 245 g/mol. The topological polar surface area (TPSA) is 59.1 Å². The molecule has 2 aromatic rings. The second-order valence-electron chi connectivity index (χ2n) is 3.67. The summed E-state index contributed by atoms with van der Waals surface area (Å²) in [7, 11) is 0. The molecule has 18 heavy (non-hydrogen) atoms. The van der Waals surface area contributed by atoms with Gasteiger partial charge >= 0.3 is 6.18 Å². The van der Waals surface area contributed by atoms with E-state index in [0.29, 0.717) is 0 Å². The number of hydrogen-bond donors (Lipinski definition) is 2. The van der Waals surface area contributed by atoms with Gasteiger partial charge in [-0.25, -0.2) is 0 Å². The van der Waals surface area contributed by atoms with Gasteiger partial charge in [0.1, 0.15) is 5.75 Å². The first-order valence-corrected chi connectivity index (χ1v) is 5.00. The first kappa shape index (κ1) is 12.2. The Hall–Kier alpha value is -2.24. The molecule has 0 aliphatic heterocycles. The van der Waals surface area contributed by atoms with Crippen LogP contribution in [0.3, 0.4) is 0 Å². The zero-order valence-corrected chi connectivity index (χ0v) is 9.07. The summed E-state index contributed by atoms with van der Waals surface area (Å²) in [5.74, 6) is -0.207. The number of nitrogens with zero attached hydrogens (tertiary/aromatic N) is 1. The largest absolute Gasteiger partial charge is 0.507 e. The molecule has 0 unspecified atom stereocenters. The maximum absolute atomic E-state index is 12.6. The summed E-state index contributed by atoms with van der Waals surface area (Å²) >= 11 is 0. The Morgan fingerprint density at radius 2 is 1.89 bits per heavy atom. The fourth-order valence-corrected chi connectivity index (χ4v) is 1.58. The van der Waals surface area contributed by atoms with Gasteiger partial charge in [0.2, 0.25) is 0 Å². The van der Waals surface area contributed by atoms with Gasteiger partial charge in [0.25, 0.3) is 0 Å². The van der Waals surface area contributed by atoms with Gasteiger partial charge in [-0.1, -0.05) is 6.07 Å². The molecule has 0 spiro atoms. The molecule has 0 amide bonds. The van der Waals surface area contributed by atoms with Crippen LogP contribution in [0.25, 0.3) is 11.3 Å². The van der Waals surface area contributed by atoms with Crippen LogP contribution in [0.15, 0.2) is 36.5 Å². The molecule has 0 saturated heterocycles. The molecule has 1 aromatic carbocycles. The van der Waals surface area contributed by atoms with Crippen molar-refractivity contribution >= 4 is 5.69 Å². The fourth-order valence-electron chi connectivity index (χ4n) is 1.58. The molecular formula is C12H9F3N2O. The third kappa shape index (κ3) is 2.22. The van der Waals surface area contributed by atoms with Gasteiger partial charge in [0, 0.05) is 11.9 Å². The van der Waals surface area contributed by atoms with Crippen LogP contribution in [0.2, 0.25) is 0 Å². The molecule has 0 atom stereocenters. The summed E-state index contributed by atoms with van der Waals surface area (Å²) in [6.07, 6.45) is -3.43. The van der Waals surface area contributed by atoms with Crippen molar-refractivity contribution < 1.29 is 18.3 Å². The van der Waals surface area contributed by atoms with Crippen LogP contribution in [0.5, 0.6) is 5.75 Å². The number of phenolic OH excluding ortho intramolecular Hbond substituents is 1. The van der Waals surface area contributed by atoms with Gasteiger partial charge in [0.15, 0.2) is 0 Å². The van der Waals surface area contributed by atoms with E-state index >= 15 is 0 Å². The maximum Gasteiger partial charge on any atom is 0.416 e. The Morgan fingerprint density at radius 3 is 2.50 bits per heavy atom. The van der Waals surface area contributed by atoms with Crippen molar-refractivity contribution in [3.05, 3.63) is 42.1 Å². The van der Waals surface area contributed by atoms with Crippen LogP contribution in [-0.2, 0) is 6.18 Å². The zero-order chi connectivity index (χ0) is 13.3. The van der Waals surface area contributed by atoms with Crippen LogP contribution < -0.4 is 5.73 Å². The Morgan fingerprint density at radius 1 is 1.17 bits per heavy atom. The lowest BCUT2D eigenvalue weighted by Crippen LogP contribution is -2.05. The zero-order valence-electron chi connectivity index (χ0n) is 9.07. The molecule has 3 N–H and O–H groups in total. The Bertz CT molecular complexity index is 562. The number of aromatic nitrogens is 1. The average Bonchev–Trinajstić information content (AvgIpc) is 2.28. The third-order valence-electron chi connectivity index (χ3n) is 2.42. The maximum atomic E-state index is 12.6. The lowest BCUT2D eigenvalue weighted by Gasteiger charge is -2.10. The summed E-state index contributed by atoms with van der Waals surface area (Å²) in [5, 5.41) is 9.64. The van der Waals surface area contributed by atoms with Crippen LogP contribution >= 0.6 is 0 Å². The number of nitrogens with two attached hydrogens (primary N) is 1. The molecule has 1 heterocycles. The SMILES string of the molecule is Nc1cccc(O)c1-c1cc(C(F)(F)F)ccn1. The van der Waals surface area contributed by atoms with E-state index in [4.69, 9.17) is 5.73 Å². The van der Waals surface area contributed by atoms with Crippen molar-refractivity contribution in [3.8, 4) is 17.0 Å². The lowest BCUT2D eigenvalue weighted by atomic mass is 10.1. The van der Waals surface area contributed by atoms with Crippen molar-refractivity contribution in [1.82, 2.24) is 4.98 Å². The standard InChI is InChI=1S/C12H9F3N2O/c13-12(14,15)7-4-5-17-9(6-7)11-8(16)2-1-3-10(11)18/h1-6,18H,16H2. The van der Waals surface area contributed by atoms with Crippen LogP contribution in [0.4, 0.5) is 18.9 Å². The van der Waals surface area contributed by atoms with Gasteiger partial charge in [-0.2, -0.15) is 13.2 Å². The Balaban J connectivity index is 2.59. The smallest absolute Gasteiger partial charge is 0.416 e. The summed E-state index contributed by atoms with van der Waals surface area (Å²) in [4.78, 5) is 3.80. The van der Waals surface area contributed by atoms with Crippen LogP contribution in [0.1, 0.15) is 5.56 Å². The predicted molar refractivity (Wildman–Crippen MR) is 60.8 cm³/mol. The molecule has 0 aliphatic rings. The van der Waals surface area contributed by atoms with Gasteiger partial charge in [-0.3, -0.25) is 4.98 Å². The van der Waals surface area contributed by atoms with E-state index in [-0.39, 0.29) is 22.7 Å². The molecule has 94 valence electrons. The average molecular weight is 254 g/mol. The number of phenols is 1. The van der Waals surface area contributed by atoms with Crippen LogP contribution in [-0.4, -0.2) is 10.1 Å². The molecule has 0 aliphatic carbocycles. The minimum absolute atomic E-state index is 0.0135. The van der Waals surface area contributed by atoms with Crippen molar-refractivity contribution in [2.45, 2.75) is 6.18 Å². The van der Waals surface area contributed by atoms with E-state index in [1.807, 2.05) is 0 Å². The van der Waals surface area contributed by atoms with Crippen molar-refractivity contribution in [1.29, 1.82) is 0 Å². The first-order chi connectivity index (χ1) is 8.39. The number of alkyl halides is 3. The molecule has 2 rings (SSSR count). The van der Waals surface area contributed by atoms with E-state index in [1.54, 1.807) is 0 Å². The number of anilines is 1. The number of halogens is 3. The van der Waals surface area contributed by atoms with Crippen molar-refractivity contribution in [2.75, 3.05) is 5.73 Å². The van der Waals surface area contributed by atoms with Crippen molar-refractivity contribution in [2.24, 2.45) is 0 Å². The Labute approximate surface area is 101 Å². The van der Waals surface area contributed by atoms with Crippen LogP contribution in [0, 0.1) is 0 Å². The van der Waals surface area contributed by atoms with E-state index in [2.05, 4.69) is 4.98 Å². The van der Waals surface area contributed by atoms with Gasteiger partial charge in [0.05, 0.1) is 16.8 Å². The quantitative estimate of drug-likeness (QED) is 0.769. The second-order valence-corrected chi connectivity index (χ2v) is 3.67. The highest BCUT2D eigenvalue weighted by atomic mass is 19.4. The number of pyridine rings is 1. The monoisotopic (exact) mass is 254 g/mol. The van der Waals surface area contributed by atoms with Crippen molar-refractivity contribution in [3.63, 3.8) is 0 Å². The van der Waals surface area contributed by atoms with Gasteiger partial charge < -0.3 is 10.8 Å². The van der Waals surface area contributed by atoms with E-state index in [9.17, 15) is 18.3 Å². The summed E-state index contributed by atoms with van der Waals surface area (Å²) in [6, 6.07) is 6.04. The summed E-state index contributed by atoms with van der Waals surface area (Å²) < 4.78 is 37.7. The third-order valence-corrected chi connectivity index (χ3v) is 2.42. The number of aromatic hydroxyl groups is 1. The highest BCUT2D eigenvalue weighted by Crippen LogP contribution is 2.36. The lowest BCUT2D eigenvalue weighted by molar-refractivity contribution is -0.137. The van der Waals surface area contributed by atoms with E-state index in [0.717, 1.165) is 18.3 Å². The predicted octanol–water partition coefficient (Wildman–Crippen LogP) is 3.06. The normalized spacial score (nSPS) is 11.5. The molecule has 1 aromatic heterocycles. The number of rotatable bonds is 1. The highest BCUT2D eigenvalue weighted by Gasteiger charge is 2.31. The highest BCUT2D eigenvalue weighted by molar-refractivity contribution is 5.79. The van der Waals surface area contributed by atoms with Gasteiger partial charge in [-0.05, 0) is 24.3 Å². The molecule has 0 radical (unpaired) electrons. The summed E-state index contributed by atoms with van der Waals surface area (Å²) in [5.41, 5.74) is 5.05. The molecule has 3 nitrogen and oxygen atoms in total. The minimum Gasteiger partial charge on any atom is -0.507 e. The number of hydrogen-bond acceptors (Lipinski definition) is 3. The minimum atomic E-state index is -4.46. The van der Waals surface area contributed by atoms with E-state index < -0.39 is 11.7 Å². The molecule has 0 saturated carbocycles. The molecule has 0 fully saturated rings. The second kappa shape index (κ2) is 4.21. The van der Waals surface area contributed by atoms with E-state index in [1.165, 1.54) is 18.2 Å². The first-order valence-electron chi connectivity index (χ1n) is 5.00. The molecule has 6 heteroatoms. The fraction of sp³-hybridized carbons (Fsp3) is 0.0833.